The predicted molar refractivity (Wildman–Crippen MR) is 78.2 cm³/mol. The Morgan fingerprint density at radius 1 is 1.50 bits per heavy atom. The van der Waals surface area contributed by atoms with E-state index in [0.717, 1.165) is 12.8 Å². The maximum absolute atomic E-state index is 12.2. The summed E-state index contributed by atoms with van der Waals surface area (Å²) in [6, 6.07) is 3.88. The number of benzene rings is 1. The zero-order valence-electron chi connectivity index (χ0n) is 10.8. The van der Waals surface area contributed by atoms with Crippen molar-refractivity contribution in [3.63, 3.8) is 0 Å². The number of anilines is 1. The van der Waals surface area contributed by atoms with Gasteiger partial charge in [-0.2, -0.15) is 11.8 Å². The molecule has 1 aliphatic rings. The number of para-hydroxylation sites is 1. The fraction of sp³-hybridized carbons (Fsp3) is 0.455. The Labute approximate surface area is 121 Å². The first kappa shape index (κ1) is 15.1. The molecule has 0 spiro atoms. The average Bonchev–Trinajstić information content (AvgIpc) is 3.16. The molecule has 110 valence electrons. The molecule has 0 bridgehead atoms. The Balaban J connectivity index is 2.30. The van der Waals surface area contributed by atoms with Crippen LogP contribution in [0.1, 0.15) is 12.8 Å². The first-order valence-corrected chi connectivity index (χ1v) is 8.60. The van der Waals surface area contributed by atoms with Gasteiger partial charge in [0.25, 0.3) is 0 Å². The summed E-state index contributed by atoms with van der Waals surface area (Å²) in [5.41, 5.74) is 4.76. The van der Waals surface area contributed by atoms with Gasteiger partial charge in [0, 0.05) is 11.3 Å². The van der Waals surface area contributed by atoms with E-state index >= 15 is 0 Å². The molecule has 1 aliphatic carbocycles. The molecular weight excluding hydrogens is 302 g/mol. The SMILES string of the molecule is CSC1(CNS(=O)(=O)c2cccc(N)c2[N+](=O)[O-])CC1. The number of nitrogens with two attached hydrogens (primary N) is 1. The van der Waals surface area contributed by atoms with Crippen LogP contribution < -0.4 is 10.5 Å². The summed E-state index contributed by atoms with van der Waals surface area (Å²) in [5.74, 6) is 0. The number of sulfonamides is 1. The van der Waals surface area contributed by atoms with Crippen LogP contribution >= 0.6 is 11.8 Å². The topological polar surface area (TPSA) is 115 Å². The molecule has 1 fully saturated rings. The predicted octanol–water partition coefficient (Wildman–Crippen LogP) is 1.35. The van der Waals surface area contributed by atoms with Crippen molar-refractivity contribution in [3.8, 4) is 0 Å². The number of hydrogen-bond acceptors (Lipinski definition) is 6. The van der Waals surface area contributed by atoms with Gasteiger partial charge in [-0.05, 0) is 31.2 Å². The number of nitro benzene ring substituents is 1. The van der Waals surface area contributed by atoms with E-state index in [2.05, 4.69) is 4.72 Å². The number of nitrogens with one attached hydrogen (secondary N) is 1. The van der Waals surface area contributed by atoms with E-state index < -0.39 is 20.6 Å². The van der Waals surface area contributed by atoms with Crippen LogP contribution in [0.2, 0.25) is 0 Å². The van der Waals surface area contributed by atoms with Crippen molar-refractivity contribution in [2.24, 2.45) is 0 Å². The molecule has 1 saturated carbocycles. The molecular formula is C11H15N3O4S2. The molecule has 7 nitrogen and oxygen atoms in total. The molecule has 0 heterocycles. The second kappa shape index (κ2) is 5.23. The lowest BCUT2D eigenvalue weighted by molar-refractivity contribution is -0.386. The molecule has 9 heteroatoms. The van der Waals surface area contributed by atoms with Gasteiger partial charge < -0.3 is 5.73 Å². The van der Waals surface area contributed by atoms with Gasteiger partial charge in [-0.3, -0.25) is 10.1 Å². The van der Waals surface area contributed by atoms with Crippen molar-refractivity contribution < 1.29 is 13.3 Å². The summed E-state index contributed by atoms with van der Waals surface area (Å²) < 4.78 is 26.8. The Morgan fingerprint density at radius 2 is 2.15 bits per heavy atom. The van der Waals surface area contributed by atoms with Crippen molar-refractivity contribution in [1.82, 2.24) is 4.72 Å². The number of thioether (sulfide) groups is 1. The lowest BCUT2D eigenvalue weighted by Gasteiger charge is -2.13. The van der Waals surface area contributed by atoms with E-state index in [-0.39, 0.29) is 21.9 Å². The van der Waals surface area contributed by atoms with E-state index in [9.17, 15) is 18.5 Å². The van der Waals surface area contributed by atoms with Gasteiger partial charge in [0.05, 0.1) is 4.92 Å². The molecule has 1 aromatic carbocycles. The van der Waals surface area contributed by atoms with Gasteiger partial charge in [0.1, 0.15) is 5.69 Å². The molecule has 0 radical (unpaired) electrons. The molecule has 3 N–H and O–H groups in total. The van der Waals surface area contributed by atoms with Crippen molar-refractivity contribution in [2.75, 3.05) is 18.5 Å². The second-order valence-electron chi connectivity index (χ2n) is 4.66. The average molecular weight is 317 g/mol. The minimum absolute atomic E-state index is 0.0673. The summed E-state index contributed by atoms with van der Waals surface area (Å²) in [7, 11) is -3.95. The van der Waals surface area contributed by atoms with E-state index in [0.29, 0.717) is 0 Å². The lowest BCUT2D eigenvalue weighted by atomic mass is 10.3. The molecule has 0 atom stereocenters. The third kappa shape index (κ3) is 2.89. The van der Waals surface area contributed by atoms with Gasteiger partial charge in [-0.25, -0.2) is 13.1 Å². The van der Waals surface area contributed by atoms with Crippen molar-refractivity contribution in [2.45, 2.75) is 22.5 Å². The van der Waals surface area contributed by atoms with Crippen LogP contribution in [-0.4, -0.2) is 30.9 Å². The van der Waals surface area contributed by atoms with Crippen molar-refractivity contribution >= 4 is 33.2 Å². The molecule has 0 saturated heterocycles. The van der Waals surface area contributed by atoms with Crippen LogP contribution in [0.5, 0.6) is 0 Å². The van der Waals surface area contributed by atoms with Gasteiger partial charge in [-0.1, -0.05) is 6.07 Å². The van der Waals surface area contributed by atoms with E-state index in [4.69, 9.17) is 5.73 Å². The fourth-order valence-corrected chi connectivity index (χ4v) is 3.99. The highest BCUT2D eigenvalue weighted by Gasteiger charge is 2.43. The first-order chi connectivity index (χ1) is 9.31. The van der Waals surface area contributed by atoms with E-state index in [1.165, 1.54) is 18.2 Å². The molecule has 0 unspecified atom stereocenters. The van der Waals surface area contributed by atoms with Crippen LogP contribution in [0.15, 0.2) is 23.1 Å². The Morgan fingerprint density at radius 3 is 2.65 bits per heavy atom. The van der Waals surface area contributed by atoms with Gasteiger partial charge >= 0.3 is 5.69 Å². The maximum Gasteiger partial charge on any atom is 0.312 e. The molecule has 20 heavy (non-hydrogen) atoms. The maximum atomic E-state index is 12.2. The van der Waals surface area contributed by atoms with Crippen LogP contribution in [0.3, 0.4) is 0 Å². The Kier molecular flexibility index (Phi) is 3.94. The molecule has 0 aliphatic heterocycles. The Bertz CT molecular complexity index is 641. The standard InChI is InChI=1S/C11H15N3O4S2/c1-19-11(5-6-11)7-13-20(17,18)9-4-2-3-8(12)10(9)14(15)16/h2-4,13H,5-7,12H2,1H3. The third-order valence-electron chi connectivity index (χ3n) is 3.33. The smallest absolute Gasteiger partial charge is 0.312 e. The van der Waals surface area contributed by atoms with Crippen molar-refractivity contribution in [1.29, 1.82) is 0 Å². The minimum Gasteiger partial charge on any atom is -0.393 e. The number of nitrogen functional groups attached to an aromatic ring is 1. The third-order valence-corrected chi connectivity index (χ3v) is 6.18. The molecule has 0 aromatic heterocycles. The number of nitrogens with zero attached hydrogens (tertiary/aromatic N) is 1. The number of nitro groups is 1. The minimum atomic E-state index is -3.95. The van der Waals surface area contributed by atoms with Crippen LogP contribution in [0, 0.1) is 10.1 Å². The summed E-state index contributed by atoms with van der Waals surface area (Å²) in [5, 5.41) is 11.0. The Hall–Kier alpha value is -1.32. The van der Waals surface area contributed by atoms with Gasteiger partial charge in [-0.15, -0.1) is 0 Å². The number of rotatable bonds is 6. The highest BCUT2D eigenvalue weighted by Crippen LogP contribution is 2.46. The van der Waals surface area contributed by atoms with Crippen LogP contribution in [-0.2, 0) is 10.0 Å². The summed E-state index contributed by atoms with van der Waals surface area (Å²) >= 11 is 1.60. The first-order valence-electron chi connectivity index (χ1n) is 5.89. The monoisotopic (exact) mass is 317 g/mol. The molecule has 1 aromatic rings. The summed E-state index contributed by atoms with van der Waals surface area (Å²) in [6.07, 6.45) is 3.80. The van der Waals surface area contributed by atoms with Gasteiger partial charge in [0.15, 0.2) is 4.90 Å². The zero-order chi connectivity index (χ0) is 15.0. The van der Waals surface area contributed by atoms with Crippen LogP contribution in [0.25, 0.3) is 0 Å². The highest BCUT2D eigenvalue weighted by atomic mass is 32.2. The second-order valence-corrected chi connectivity index (χ2v) is 7.67. The zero-order valence-corrected chi connectivity index (χ0v) is 12.5. The van der Waals surface area contributed by atoms with Crippen LogP contribution in [0.4, 0.5) is 11.4 Å². The summed E-state index contributed by atoms with van der Waals surface area (Å²) in [4.78, 5) is 9.83. The van der Waals surface area contributed by atoms with E-state index in [1.807, 2.05) is 6.26 Å². The fourth-order valence-electron chi connectivity index (χ4n) is 1.85. The molecule has 0 amide bonds. The summed E-state index contributed by atoms with van der Waals surface area (Å²) in [6.45, 7) is 0.266. The highest BCUT2D eigenvalue weighted by molar-refractivity contribution is 8.00. The normalized spacial score (nSPS) is 16.9. The van der Waals surface area contributed by atoms with Gasteiger partial charge in [0.2, 0.25) is 10.0 Å². The van der Waals surface area contributed by atoms with E-state index in [1.54, 1.807) is 11.8 Å². The number of hydrogen-bond donors (Lipinski definition) is 2. The lowest BCUT2D eigenvalue weighted by Crippen LogP contribution is -2.32. The quantitative estimate of drug-likeness (QED) is 0.465. The molecule has 2 rings (SSSR count). The van der Waals surface area contributed by atoms with Crippen molar-refractivity contribution in [3.05, 3.63) is 28.3 Å². The largest absolute Gasteiger partial charge is 0.393 e.